The largest absolute Gasteiger partial charge is 0.322 e. The second-order valence-electron chi connectivity index (χ2n) is 5.63. The van der Waals surface area contributed by atoms with Gasteiger partial charge in [0, 0.05) is 17.6 Å². The first-order chi connectivity index (χ1) is 10.5. The molecule has 0 unspecified atom stereocenters. The Bertz CT molecular complexity index is 836. The molecule has 0 bridgehead atoms. The van der Waals surface area contributed by atoms with Gasteiger partial charge in [0.1, 0.15) is 5.56 Å². The lowest BCUT2D eigenvalue weighted by molar-refractivity contribution is 0.102. The van der Waals surface area contributed by atoms with Gasteiger partial charge in [-0.05, 0) is 36.6 Å². The summed E-state index contributed by atoms with van der Waals surface area (Å²) >= 11 is 0. The number of rotatable bonds is 3. The highest BCUT2D eigenvalue weighted by Gasteiger charge is 2.14. The normalized spacial score (nSPS) is 11.1. The summed E-state index contributed by atoms with van der Waals surface area (Å²) in [5.74, 6) is 0.215. The quantitative estimate of drug-likeness (QED) is 0.805. The van der Waals surface area contributed by atoms with Crippen molar-refractivity contribution in [1.29, 1.82) is 0 Å². The number of nitrogens with zero attached hydrogens (tertiary/aromatic N) is 3. The molecule has 0 saturated heterocycles. The lowest BCUT2D eigenvalue weighted by atomic mass is 10.0. The standard InChI is InChI=1S/C17H18N4O/c1-11(2)13-5-4-6-14(9-13)20-17(22)15-10-18-21-8-7-12(3)19-16(15)21/h4-11H,1-3H3,(H,20,22). The van der Waals surface area contributed by atoms with Gasteiger partial charge in [0.05, 0.1) is 6.20 Å². The highest BCUT2D eigenvalue weighted by Crippen LogP contribution is 2.19. The van der Waals surface area contributed by atoms with Gasteiger partial charge < -0.3 is 5.32 Å². The van der Waals surface area contributed by atoms with Crippen molar-refractivity contribution in [3.8, 4) is 0 Å². The fraction of sp³-hybridized carbons (Fsp3) is 0.235. The molecule has 3 rings (SSSR count). The molecule has 22 heavy (non-hydrogen) atoms. The fourth-order valence-corrected chi connectivity index (χ4v) is 2.29. The highest BCUT2D eigenvalue weighted by atomic mass is 16.1. The Labute approximate surface area is 129 Å². The molecular weight excluding hydrogens is 276 g/mol. The number of hydrogen-bond acceptors (Lipinski definition) is 3. The number of carbonyl (C=O) groups excluding carboxylic acids is 1. The summed E-state index contributed by atoms with van der Waals surface area (Å²) in [5.41, 5.74) is 3.86. The van der Waals surface area contributed by atoms with Gasteiger partial charge in [-0.1, -0.05) is 26.0 Å². The molecule has 1 aromatic carbocycles. The van der Waals surface area contributed by atoms with Gasteiger partial charge in [-0.15, -0.1) is 0 Å². The van der Waals surface area contributed by atoms with E-state index in [0.717, 1.165) is 11.4 Å². The first-order valence-electron chi connectivity index (χ1n) is 7.27. The van der Waals surface area contributed by atoms with Gasteiger partial charge in [-0.3, -0.25) is 4.79 Å². The number of carbonyl (C=O) groups is 1. The fourth-order valence-electron chi connectivity index (χ4n) is 2.29. The zero-order valence-electron chi connectivity index (χ0n) is 12.9. The van der Waals surface area contributed by atoms with Crippen LogP contribution in [0.4, 0.5) is 5.69 Å². The maximum atomic E-state index is 12.5. The second-order valence-corrected chi connectivity index (χ2v) is 5.63. The van der Waals surface area contributed by atoms with Crippen molar-refractivity contribution in [2.75, 3.05) is 5.32 Å². The van der Waals surface area contributed by atoms with E-state index in [2.05, 4.69) is 35.3 Å². The maximum Gasteiger partial charge on any atom is 0.261 e. The molecule has 1 amide bonds. The number of aryl methyl sites for hydroxylation is 1. The summed E-state index contributed by atoms with van der Waals surface area (Å²) in [7, 11) is 0. The van der Waals surface area contributed by atoms with E-state index in [1.165, 1.54) is 5.56 Å². The monoisotopic (exact) mass is 294 g/mol. The third-order valence-electron chi connectivity index (χ3n) is 3.56. The summed E-state index contributed by atoms with van der Waals surface area (Å²) in [5, 5.41) is 7.08. The minimum absolute atomic E-state index is 0.200. The van der Waals surface area contributed by atoms with Crippen molar-refractivity contribution in [2.45, 2.75) is 26.7 Å². The van der Waals surface area contributed by atoms with E-state index in [1.54, 1.807) is 16.9 Å². The Hall–Kier alpha value is -2.69. The Balaban J connectivity index is 1.90. The number of anilines is 1. The number of hydrogen-bond donors (Lipinski definition) is 1. The average Bonchev–Trinajstić information content (AvgIpc) is 2.90. The van der Waals surface area contributed by atoms with Gasteiger partial charge >= 0.3 is 0 Å². The number of benzene rings is 1. The van der Waals surface area contributed by atoms with Crippen LogP contribution in [0.25, 0.3) is 5.65 Å². The molecule has 0 aliphatic rings. The minimum atomic E-state index is -0.200. The van der Waals surface area contributed by atoms with E-state index in [0.29, 0.717) is 17.1 Å². The number of amides is 1. The maximum absolute atomic E-state index is 12.5. The summed E-state index contributed by atoms with van der Waals surface area (Å²) in [6.45, 7) is 6.14. The molecule has 5 nitrogen and oxygen atoms in total. The Morgan fingerprint density at radius 1 is 1.27 bits per heavy atom. The van der Waals surface area contributed by atoms with Crippen LogP contribution in [0, 0.1) is 6.92 Å². The minimum Gasteiger partial charge on any atom is -0.322 e. The molecule has 0 saturated carbocycles. The molecule has 0 aliphatic carbocycles. The van der Waals surface area contributed by atoms with Crippen molar-refractivity contribution in [2.24, 2.45) is 0 Å². The molecule has 2 heterocycles. The number of aromatic nitrogens is 3. The van der Waals surface area contributed by atoms with Crippen LogP contribution >= 0.6 is 0 Å². The summed E-state index contributed by atoms with van der Waals surface area (Å²) in [6.07, 6.45) is 3.34. The molecule has 0 fully saturated rings. The lowest BCUT2D eigenvalue weighted by Gasteiger charge is -2.09. The van der Waals surface area contributed by atoms with E-state index < -0.39 is 0 Å². The molecule has 112 valence electrons. The third-order valence-corrected chi connectivity index (χ3v) is 3.56. The Morgan fingerprint density at radius 3 is 2.86 bits per heavy atom. The van der Waals surface area contributed by atoms with E-state index in [1.807, 2.05) is 31.2 Å². The lowest BCUT2D eigenvalue weighted by Crippen LogP contribution is -2.12. The molecule has 1 N–H and O–H groups in total. The van der Waals surface area contributed by atoms with E-state index in [-0.39, 0.29) is 5.91 Å². The summed E-state index contributed by atoms with van der Waals surface area (Å²) in [6, 6.07) is 9.74. The molecule has 5 heteroatoms. The van der Waals surface area contributed by atoms with Crippen molar-refractivity contribution >= 4 is 17.2 Å². The van der Waals surface area contributed by atoms with Crippen molar-refractivity contribution in [1.82, 2.24) is 14.6 Å². The molecule has 2 aromatic heterocycles. The predicted molar refractivity (Wildman–Crippen MR) is 86.2 cm³/mol. The van der Waals surface area contributed by atoms with Gasteiger partial charge in [-0.2, -0.15) is 5.10 Å². The highest BCUT2D eigenvalue weighted by molar-refractivity contribution is 6.08. The molecular formula is C17H18N4O. The molecule has 3 aromatic rings. The van der Waals surface area contributed by atoms with Crippen molar-refractivity contribution in [3.63, 3.8) is 0 Å². The first kappa shape index (κ1) is 14.3. The molecule has 0 spiro atoms. The van der Waals surface area contributed by atoms with Crippen LogP contribution < -0.4 is 5.32 Å². The summed E-state index contributed by atoms with van der Waals surface area (Å²) < 4.78 is 1.60. The van der Waals surface area contributed by atoms with Crippen molar-refractivity contribution < 1.29 is 4.79 Å². The van der Waals surface area contributed by atoms with Crippen molar-refractivity contribution in [3.05, 3.63) is 59.5 Å². The van der Waals surface area contributed by atoms with Gasteiger partial charge in [0.25, 0.3) is 5.91 Å². The number of fused-ring (bicyclic) bond motifs is 1. The Kier molecular flexibility index (Phi) is 3.63. The van der Waals surface area contributed by atoms with Crippen LogP contribution in [0.2, 0.25) is 0 Å². The van der Waals surface area contributed by atoms with Crippen LogP contribution in [0.3, 0.4) is 0 Å². The number of nitrogens with one attached hydrogen (secondary N) is 1. The van der Waals surface area contributed by atoms with Crippen LogP contribution in [0.15, 0.2) is 42.7 Å². The van der Waals surface area contributed by atoms with E-state index in [9.17, 15) is 4.79 Å². The van der Waals surface area contributed by atoms with E-state index >= 15 is 0 Å². The summed E-state index contributed by atoms with van der Waals surface area (Å²) in [4.78, 5) is 16.9. The zero-order chi connectivity index (χ0) is 15.7. The third kappa shape index (κ3) is 2.70. The van der Waals surface area contributed by atoms with Crippen LogP contribution in [-0.2, 0) is 0 Å². The zero-order valence-corrected chi connectivity index (χ0v) is 12.9. The SMILES string of the molecule is Cc1ccn2ncc(C(=O)Nc3cccc(C(C)C)c3)c2n1. The Morgan fingerprint density at radius 2 is 2.09 bits per heavy atom. The molecule has 0 aliphatic heterocycles. The topological polar surface area (TPSA) is 59.3 Å². The molecule has 0 radical (unpaired) electrons. The second kappa shape index (κ2) is 5.60. The first-order valence-corrected chi connectivity index (χ1v) is 7.27. The molecule has 0 atom stereocenters. The van der Waals surface area contributed by atoms with Crippen LogP contribution in [0.5, 0.6) is 0 Å². The predicted octanol–water partition coefficient (Wildman–Crippen LogP) is 3.41. The van der Waals surface area contributed by atoms with Crippen LogP contribution in [0.1, 0.15) is 41.4 Å². The smallest absolute Gasteiger partial charge is 0.261 e. The van der Waals surface area contributed by atoms with Gasteiger partial charge in [0.15, 0.2) is 5.65 Å². The van der Waals surface area contributed by atoms with Crippen LogP contribution in [-0.4, -0.2) is 20.5 Å². The van der Waals surface area contributed by atoms with E-state index in [4.69, 9.17) is 0 Å². The average molecular weight is 294 g/mol. The van der Waals surface area contributed by atoms with Gasteiger partial charge in [0.2, 0.25) is 0 Å². The van der Waals surface area contributed by atoms with Gasteiger partial charge in [-0.25, -0.2) is 9.50 Å².